The molecule has 0 aliphatic heterocycles. The Labute approximate surface area is 390 Å². The normalized spacial score (nSPS) is 12.4. The average molecular weight is 883 g/mol. The van der Waals surface area contributed by atoms with Crippen LogP contribution in [-0.2, 0) is 28.6 Å². The lowest BCUT2D eigenvalue weighted by molar-refractivity contribution is -0.167. The van der Waals surface area contributed by atoms with Gasteiger partial charge in [0, 0.05) is 19.3 Å². The molecule has 0 aromatic carbocycles. The van der Waals surface area contributed by atoms with Crippen molar-refractivity contribution >= 4 is 17.9 Å². The monoisotopic (exact) mass is 883 g/mol. The van der Waals surface area contributed by atoms with Gasteiger partial charge in [0.05, 0.1) is 0 Å². The summed E-state index contributed by atoms with van der Waals surface area (Å²) in [5.41, 5.74) is 0. The van der Waals surface area contributed by atoms with Gasteiger partial charge in [-0.25, -0.2) is 0 Å². The lowest BCUT2D eigenvalue weighted by Crippen LogP contribution is -2.30. The van der Waals surface area contributed by atoms with Crippen molar-refractivity contribution in [1.82, 2.24) is 0 Å². The first-order chi connectivity index (χ1) is 31.0. The lowest BCUT2D eigenvalue weighted by atomic mass is 10.0. The zero-order valence-corrected chi connectivity index (χ0v) is 41.8. The topological polar surface area (TPSA) is 78.9 Å². The highest BCUT2D eigenvalue weighted by molar-refractivity contribution is 5.71. The molecule has 0 aromatic heterocycles. The van der Waals surface area contributed by atoms with Crippen molar-refractivity contribution in [3.8, 4) is 0 Å². The van der Waals surface area contributed by atoms with E-state index >= 15 is 0 Å². The van der Waals surface area contributed by atoms with Crippen molar-refractivity contribution in [3.05, 3.63) is 48.6 Å². The molecule has 0 rings (SSSR count). The molecule has 0 aliphatic carbocycles. The Morgan fingerprint density at radius 1 is 0.333 bits per heavy atom. The molecule has 0 saturated heterocycles. The van der Waals surface area contributed by atoms with Crippen LogP contribution < -0.4 is 0 Å². The number of rotatable bonds is 49. The van der Waals surface area contributed by atoms with E-state index in [-0.39, 0.29) is 31.1 Å². The van der Waals surface area contributed by atoms with E-state index in [1.54, 1.807) is 0 Å². The third kappa shape index (κ3) is 50.2. The minimum absolute atomic E-state index is 0.0698. The molecule has 0 N–H and O–H groups in total. The van der Waals surface area contributed by atoms with E-state index in [1.165, 1.54) is 148 Å². The second kappa shape index (κ2) is 52.0. The minimum Gasteiger partial charge on any atom is -0.462 e. The molecule has 0 spiro atoms. The SMILES string of the molecule is CC/C=C\C/C=C\C/C=C\C/C=C\CCCCCCCCCCCCCCCCC(=O)OCC(COC(=O)CCCCCCC)OC(=O)CCCCCCCCCCCCCCC. The Balaban J connectivity index is 4.00. The minimum atomic E-state index is -0.764. The van der Waals surface area contributed by atoms with E-state index < -0.39 is 6.10 Å². The van der Waals surface area contributed by atoms with Crippen LogP contribution in [0.15, 0.2) is 48.6 Å². The Morgan fingerprint density at radius 2 is 0.619 bits per heavy atom. The molecular weight excluding hydrogens is 781 g/mol. The van der Waals surface area contributed by atoms with E-state index in [1.807, 2.05) is 0 Å². The van der Waals surface area contributed by atoms with Gasteiger partial charge in [0.25, 0.3) is 0 Å². The van der Waals surface area contributed by atoms with Crippen molar-refractivity contribution < 1.29 is 28.6 Å². The number of carbonyl (C=O) groups is 3. The summed E-state index contributed by atoms with van der Waals surface area (Å²) >= 11 is 0. The average Bonchev–Trinajstić information content (AvgIpc) is 3.28. The van der Waals surface area contributed by atoms with Gasteiger partial charge in [0.1, 0.15) is 13.2 Å². The smallest absolute Gasteiger partial charge is 0.306 e. The van der Waals surface area contributed by atoms with Crippen molar-refractivity contribution in [2.24, 2.45) is 0 Å². The molecule has 0 aromatic rings. The van der Waals surface area contributed by atoms with Crippen molar-refractivity contribution in [1.29, 1.82) is 0 Å². The first-order valence-corrected chi connectivity index (χ1v) is 27.1. The van der Waals surface area contributed by atoms with Gasteiger partial charge in [-0.2, -0.15) is 0 Å². The fraction of sp³-hybridized carbons (Fsp3) is 0.807. The van der Waals surface area contributed by atoms with Gasteiger partial charge >= 0.3 is 17.9 Å². The molecule has 6 nitrogen and oxygen atoms in total. The van der Waals surface area contributed by atoms with Crippen LogP contribution in [0.4, 0.5) is 0 Å². The molecule has 1 atom stereocenters. The zero-order valence-electron chi connectivity index (χ0n) is 41.8. The Bertz CT molecular complexity index is 1110. The van der Waals surface area contributed by atoms with Crippen LogP contribution in [0.5, 0.6) is 0 Å². The van der Waals surface area contributed by atoms with Crippen molar-refractivity contribution in [3.63, 3.8) is 0 Å². The largest absolute Gasteiger partial charge is 0.462 e. The highest BCUT2D eigenvalue weighted by Gasteiger charge is 2.19. The summed E-state index contributed by atoms with van der Waals surface area (Å²) in [5, 5.41) is 0. The second-order valence-electron chi connectivity index (χ2n) is 18.1. The molecular formula is C57H102O6. The highest BCUT2D eigenvalue weighted by Crippen LogP contribution is 2.16. The van der Waals surface area contributed by atoms with Gasteiger partial charge in [-0.3, -0.25) is 14.4 Å². The van der Waals surface area contributed by atoms with Gasteiger partial charge in [0.15, 0.2) is 6.10 Å². The predicted octanol–water partition coefficient (Wildman–Crippen LogP) is 17.9. The third-order valence-electron chi connectivity index (χ3n) is 11.8. The summed E-state index contributed by atoms with van der Waals surface area (Å²) < 4.78 is 16.7. The van der Waals surface area contributed by atoms with Crippen LogP contribution in [0, 0.1) is 0 Å². The maximum Gasteiger partial charge on any atom is 0.306 e. The van der Waals surface area contributed by atoms with E-state index in [0.717, 1.165) is 89.9 Å². The number of allylic oxidation sites excluding steroid dienone is 8. The van der Waals surface area contributed by atoms with Crippen molar-refractivity contribution in [2.75, 3.05) is 13.2 Å². The number of hydrogen-bond acceptors (Lipinski definition) is 6. The fourth-order valence-corrected chi connectivity index (χ4v) is 7.79. The van der Waals surface area contributed by atoms with Gasteiger partial charge in [0.2, 0.25) is 0 Å². The number of hydrogen-bond donors (Lipinski definition) is 0. The maximum atomic E-state index is 12.7. The number of unbranched alkanes of at least 4 members (excludes halogenated alkanes) is 30. The lowest BCUT2D eigenvalue weighted by Gasteiger charge is -2.18. The van der Waals surface area contributed by atoms with E-state index in [2.05, 4.69) is 69.4 Å². The van der Waals surface area contributed by atoms with E-state index in [0.29, 0.717) is 19.3 Å². The van der Waals surface area contributed by atoms with E-state index in [4.69, 9.17) is 14.2 Å². The number of esters is 3. The zero-order chi connectivity index (χ0) is 45.8. The first-order valence-electron chi connectivity index (χ1n) is 27.1. The molecule has 63 heavy (non-hydrogen) atoms. The van der Waals surface area contributed by atoms with Gasteiger partial charge in [-0.05, 0) is 57.8 Å². The van der Waals surface area contributed by atoms with Crippen LogP contribution >= 0.6 is 0 Å². The van der Waals surface area contributed by atoms with Crippen LogP contribution in [0.1, 0.15) is 278 Å². The third-order valence-corrected chi connectivity index (χ3v) is 11.8. The maximum absolute atomic E-state index is 12.7. The molecule has 6 heteroatoms. The summed E-state index contributed by atoms with van der Waals surface area (Å²) in [7, 11) is 0. The molecule has 0 amide bonds. The highest BCUT2D eigenvalue weighted by atomic mass is 16.6. The standard InChI is InChI=1S/C57H102O6/c1-4-7-10-13-15-17-19-21-22-23-24-25-26-27-28-29-30-31-32-33-34-36-37-39-41-44-47-50-56(59)62-53-54(52-61-55(58)49-46-43-12-9-6-3)63-57(60)51-48-45-42-40-38-35-20-18-16-14-11-8-5-2/h7,10,15,17,21-22,24-25,54H,4-6,8-9,11-14,16,18-20,23,26-53H2,1-3H3/b10-7-,17-15-,22-21-,25-24-. The van der Waals surface area contributed by atoms with Crippen molar-refractivity contribution in [2.45, 2.75) is 284 Å². The van der Waals surface area contributed by atoms with E-state index in [9.17, 15) is 14.4 Å². The van der Waals surface area contributed by atoms with Crippen LogP contribution in [0.25, 0.3) is 0 Å². The molecule has 0 aliphatic rings. The molecule has 366 valence electrons. The van der Waals surface area contributed by atoms with Crippen LogP contribution in [0.2, 0.25) is 0 Å². The summed E-state index contributed by atoms with van der Waals surface area (Å²) in [6.45, 7) is 6.46. The Morgan fingerprint density at radius 3 is 0.968 bits per heavy atom. The summed E-state index contributed by atoms with van der Waals surface area (Å²) in [6.07, 6.45) is 62.9. The van der Waals surface area contributed by atoms with Gasteiger partial charge < -0.3 is 14.2 Å². The fourth-order valence-electron chi connectivity index (χ4n) is 7.79. The van der Waals surface area contributed by atoms with Gasteiger partial charge in [-0.15, -0.1) is 0 Å². The molecule has 0 bridgehead atoms. The molecule has 0 saturated carbocycles. The Kier molecular flexibility index (Phi) is 49.8. The molecule has 1 unspecified atom stereocenters. The summed E-state index contributed by atoms with van der Waals surface area (Å²) in [4.78, 5) is 37.7. The second-order valence-corrected chi connectivity index (χ2v) is 18.1. The summed E-state index contributed by atoms with van der Waals surface area (Å²) in [5.74, 6) is -0.874. The van der Waals surface area contributed by atoms with Gasteiger partial charge in [-0.1, -0.05) is 249 Å². The first kappa shape index (κ1) is 60.4. The molecule has 0 radical (unpaired) electrons. The molecule has 0 heterocycles. The Hall–Kier alpha value is -2.63. The number of ether oxygens (including phenoxy) is 3. The summed E-state index contributed by atoms with van der Waals surface area (Å²) in [6, 6.07) is 0. The predicted molar refractivity (Wildman–Crippen MR) is 270 cm³/mol. The quantitative estimate of drug-likeness (QED) is 0.0262. The van der Waals surface area contributed by atoms with Crippen LogP contribution in [-0.4, -0.2) is 37.2 Å². The molecule has 0 fully saturated rings. The van der Waals surface area contributed by atoms with Crippen LogP contribution in [0.3, 0.4) is 0 Å². The number of carbonyl (C=O) groups excluding carboxylic acids is 3.